The zero-order valence-electron chi connectivity index (χ0n) is 10.3. The van der Waals surface area contributed by atoms with Crippen molar-refractivity contribution < 1.29 is 5.11 Å². The van der Waals surface area contributed by atoms with Gasteiger partial charge in [0.1, 0.15) is 6.10 Å². The minimum absolute atomic E-state index is 0.112. The predicted molar refractivity (Wildman–Crippen MR) is 69.9 cm³/mol. The molecule has 0 fully saturated rings. The van der Waals surface area contributed by atoms with E-state index >= 15 is 0 Å². The predicted octanol–water partition coefficient (Wildman–Crippen LogP) is 1.71. The molecule has 0 aliphatic rings. The van der Waals surface area contributed by atoms with Gasteiger partial charge in [0.05, 0.1) is 0 Å². The molecular formula is C12H22N2OS. The van der Waals surface area contributed by atoms with Crippen LogP contribution in [-0.2, 0) is 0 Å². The van der Waals surface area contributed by atoms with Crippen molar-refractivity contribution in [1.82, 2.24) is 10.2 Å². The zero-order valence-corrected chi connectivity index (χ0v) is 11.1. The topological polar surface area (TPSA) is 35.5 Å². The van der Waals surface area contributed by atoms with Crippen LogP contribution in [-0.4, -0.2) is 43.2 Å². The van der Waals surface area contributed by atoms with Gasteiger partial charge in [0, 0.05) is 10.9 Å². The number of aliphatic hydroxyl groups is 1. The highest BCUT2D eigenvalue weighted by molar-refractivity contribution is 7.10. The Kier molecular flexibility index (Phi) is 5.98. The van der Waals surface area contributed by atoms with Crippen LogP contribution in [0.5, 0.6) is 0 Å². The summed E-state index contributed by atoms with van der Waals surface area (Å²) in [4.78, 5) is 3.20. The Morgan fingerprint density at radius 2 is 2.25 bits per heavy atom. The van der Waals surface area contributed by atoms with Crippen LogP contribution in [0.4, 0.5) is 0 Å². The summed E-state index contributed by atoms with van der Waals surface area (Å²) in [6.07, 6.45) is 0.716. The average molecular weight is 242 g/mol. The van der Waals surface area contributed by atoms with E-state index in [1.165, 1.54) is 0 Å². The third-order valence-corrected chi connectivity index (χ3v) is 3.50. The molecule has 2 unspecified atom stereocenters. The molecule has 1 aromatic rings. The summed E-state index contributed by atoms with van der Waals surface area (Å²) in [5.41, 5.74) is 0. The molecule has 0 saturated heterocycles. The van der Waals surface area contributed by atoms with Crippen molar-refractivity contribution in [3.8, 4) is 0 Å². The van der Waals surface area contributed by atoms with Crippen molar-refractivity contribution in [2.75, 3.05) is 27.2 Å². The number of nitrogens with one attached hydrogen (secondary N) is 1. The first-order valence-electron chi connectivity index (χ1n) is 5.71. The van der Waals surface area contributed by atoms with Gasteiger partial charge in [-0.2, -0.15) is 0 Å². The molecule has 0 aliphatic carbocycles. The molecule has 0 aromatic carbocycles. The van der Waals surface area contributed by atoms with E-state index in [4.69, 9.17) is 0 Å². The lowest BCUT2D eigenvalue weighted by Gasteiger charge is -2.19. The lowest BCUT2D eigenvalue weighted by Crippen LogP contribution is -2.33. The molecule has 92 valence electrons. The van der Waals surface area contributed by atoms with E-state index in [0.717, 1.165) is 24.4 Å². The van der Waals surface area contributed by atoms with Crippen molar-refractivity contribution in [1.29, 1.82) is 0 Å². The van der Waals surface area contributed by atoms with E-state index in [9.17, 15) is 5.11 Å². The number of nitrogens with zero attached hydrogens (tertiary/aromatic N) is 1. The maximum absolute atomic E-state index is 10.0. The number of hydrogen-bond acceptors (Lipinski definition) is 4. The zero-order chi connectivity index (χ0) is 12.0. The molecule has 2 atom stereocenters. The Bertz CT molecular complexity index is 275. The summed E-state index contributed by atoms with van der Waals surface area (Å²) in [5, 5.41) is 15.4. The summed E-state index contributed by atoms with van der Waals surface area (Å²) in [7, 11) is 4.15. The molecule has 0 radical (unpaired) electrons. The van der Waals surface area contributed by atoms with Gasteiger partial charge in [-0.15, -0.1) is 11.3 Å². The quantitative estimate of drug-likeness (QED) is 0.715. The Labute approximate surface area is 102 Å². The van der Waals surface area contributed by atoms with E-state index in [2.05, 4.69) is 24.3 Å². The van der Waals surface area contributed by atoms with Gasteiger partial charge >= 0.3 is 0 Å². The molecular weight excluding hydrogens is 220 g/mol. The second-order valence-electron chi connectivity index (χ2n) is 4.36. The fraction of sp³-hybridized carbons (Fsp3) is 0.667. The fourth-order valence-electron chi connectivity index (χ4n) is 1.54. The Hall–Kier alpha value is -0.420. The standard InChI is InChI=1S/C12H22N2OS/c1-10(13-7-5-8-14(2)3)12(15)11-6-4-9-16-11/h4,6,9-10,12-13,15H,5,7-8H2,1-3H3. The first-order valence-corrected chi connectivity index (χ1v) is 6.59. The highest BCUT2D eigenvalue weighted by Crippen LogP contribution is 2.21. The van der Waals surface area contributed by atoms with Gasteiger partial charge in [0.2, 0.25) is 0 Å². The van der Waals surface area contributed by atoms with Gasteiger partial charge in [0.25, 0.3) is 0 Å². The molecule has 0 spiro atoms. The van der Waals surface area contributed by atoms with Crippen LogP contribution in [0, 0.1) is 0 Å². The van der Waals surface area contributed by atoms with Crippen molar-refractivity contribution >= 4 is 11.3 Å². The Morgan fingerprint density at radius 1 is 1.50 bits per heavy atom. The van der Waals surface area contributed by atoms with Crippen LogP contribution in [0.1, 0.15) is 24.3 Å². The monoisotopic (exact) mass is 242 g/mol. The second kappa shape index (κ2) is 7.01. The molecule has 16 heavy (non-hydrogen) atoms. The Balaban J connectivity index is 2.22. The molecule has 4 heteroatoms. The lowest BCUT2D eigenvalue weighted by atomic mass is 10.1. The Morgan fingerprint density at radius 3 is 2.81 bits per heavy atom. The minimum Gasteiger partial charge on any atom is -0.386 e. The number of aliphatic hydroxyl groups excluding tert-OH is 1. The summed E-state index contributed by atoms with van der Waals surface area (Å²) >= 11 is 1.61. The van der Waals surface area contributed by atoms with Gasteiger partial charge in [-0.05, 0) is 52.0 Å². The highest BCUT2D eigenvalue weighted by Gasteiger charge is 2.16. The highest BCUT2D eigenvalue weighted by atomic mass is 32.1. The van der Waals surface area contributed by atoms with Gasteiger partial charge in [0.15, 0.2) is 0 Å². The summed E-state index contributed by atoms with van der Waals surface area (Å²) in [6.45, 7) is 4.05. The molecule has 1 heterocycles. The summed E-state index contributed by atoms with van der Waals surface area (Å²) in [5.74, 6) is 0. The third kappa shape index (κ3) is 4.61. The van der Waals surface area contributed by atoms with Crippen LogP contribution in [0.15, 0.2) is 17.5 Å². The van der Waals surface area contributed by atoms with E-state index in [-0.39, 0.29) is 12.1 Å². The summed E-state index contributed by atoms with van der Waals surface area (Å²) < 4.78 is 0. The van der Waals surface area contributed by atoms with Crippen molar-refractivity contribution in [2.24, 2.45) is 0 Å². The van der Waals surface area contributed by atoms with E-state index in [1.54, 1.807) is 11.3 Å². The van der Waals surface area contributed by atoms with Gasteiger partial charge in [-0.25, -0.2) is 0 Å². The average Bonchev–Trinajstić information content (AvgIpc) is 2.76. The van der Waals surface area contributed by atoms with Gasteiger partial charge in [-0.1, -0.05) is 6.07 Å². The molecule has 1 aromatic heterocycles. The molecule has 3 nitrogen and oxygen atoms in total. The fourth-order valence-corrected chi connectivity index (χ4v) is 2.36. The van der Waals surface area contributed by atoms with Crippen LogP contribution >= 0.6 is 11.3 Å². The normalized spacial score (nSPS) is 15.3. The SMILES string of the molecule is CC(NCCCN(C)C)C(O)c1cccs1. The smallest absolute Gasteiger partial charge is 0.103 e. The number of hydrogen-bond donors (Lipinski definition) is 2. The maximum atomic E-state index is 10.0. The summed E-state index contributed by atoms with van der Waals surface area (Å²) in [6, 6.07) is 4.07. The number of thiophene rings is 1. The van der Waals surface area contributed by atoms with Crippen LogP contribution < -0.4 is 5.32 Å². The van der Waals surface area contributed by atoms with Crippen LogP contribution in [0.3, 0.4) is 0 Å². The largest absolute Gasteiger partial charge is 0.386 e. The second-order valence-corrected chi connectivity index (χ2v) is 5.34. The molecule has 0 bridgehead atoms. The number of rotatable bonds is 7. The van der Waals surface area contributed by atoms with E-state index < -0.39 is 0 Å². The van der Waals surface area contributed by atoms with Gasteiger partial charge < -0.3 is 15.3 Å². The first kappa shape index (κ1) is 13.6. The minimum atomic E-state index is -0.389. The first-order chi connectivity index (χ1) is 7.61. The molecule has 2 N–H and O–H groups in total. The van der Waals surface area contributed by atoms with E-state index in [0.29, 0.717) is 0 Å². The lowest BCUT2D eigenvalue weighted by molar-refractivity contribution is 0.139. The van der Waals surface area contributed by atoms with Crippen molar-refractivity contribution in [3.63, 3.8) is 0 Å². The van der Waals surface area contributed by atoms with Crippen LogP contribution in [0.25, 0.3) is 0 Å². The molecule has 1 rings (SSSR count). The third-order valence-electron chi connectivity index (χ3n) is 2.56. The molecule has 0 amide bonds. The maximum Gasteiger partial charge on any atom is 0.103 e. The van der Waals surface area contributed by atoms with Crippen molar-refractivity contribution in [2.45, 2.75) is 25.5 Å². The van der Waals surface area contributed by atoms with Crippen molar-refractivity contribution in [3.05, 3.63) is 22.4 Å². The van der Waals surface area contributed by atoms with E-state index in [1.807, 2.05) is 24.4 Å². The van der Waals surface area contributed by atoms with Crippen LogP contribution in [0.2, 0.25) is 0 Å². The van der Waals surface area contributed by atoms with Gasteiger partial charge in [-0.3, -0.25) is 0 Å². The molecule has 0 saturated carbocycles. The molecule has 0 aliphatic heterocycles.